The molecule has 3 nitrogen and oxygen atoms in total. The van der Waals surface area contributed by atoms with Crippen molar-refractivity contribution in [3.8, 4) is 0 Å². The molecule has 1 unspecified atom stereocenters. The number of nitrogens with two attached hydrogens (primary N) is 1. The Morgan fingerprint density at radius 3 is 2.18 bits per heavy atom. The standard InChI is InChI=1S/C18H22N2O.ClH/c1-13(2)15-8-10-16(11-9-15)20-18(21)17(19)12-14-6-4-3-5-7-14;/h3-11,13,17H,12,19H2,1-2H3,(H,20,21);1H. The maximum Gasteiger partial charge on any atom is 0.241 e. The molecule has 1 atom stereocenters. The highest BCUT2D eigenvalue weighted by Crippen LogP contribution is 2.17. The predicted octanol–water partition coefficient (Wildman–Crippen LogP) is 3.74. The third kappa shape index (κ3) is 5.17. The summed E-state index contributed by atoms with van der Waals surface area (Å²) in [6, 6.07) is 17.2. The minimum atomic E-state index is -0.544. The molecule has 0 bridgehead atoms. The Bertz CT molecular complexity index is 582. The number of amides is 1. The number of anilines is 1. The Labute approximate surface area is 138 Å². The maximum absolute atomic E-state index is 12.1. The van der Waals surface area contributed by atoms with Gasteiger partial charge in [-0.1, -0.05) is 56.3 Å². The van der Waals surface area contributed by atoms with Gasteiger partial charge in [0, 0.05) is 5.69 Å². The molecule has 0 aliphatic rings. The van der Waals surface area contributed by atoms with Crippen molar-refractivity contribution >= 4 is 24.0 Å². The van der Waals surface area contributed by atoms with Crippen LogP contribution in [0.25, 0.3) is 0 Å². The summed E-state index contributed by atoms with van der Waals surface area (Å²) in [6.45, 7) is 4.28. The van der Waals surface area contributed by atoms with Gasteiger partial charge in [0.05, 0.1) is 6.04 Å². The van der Waals surface area contributed by atoms with Gasteiger partial charge in [-0.15, -0.1) is 12.4 Å². The molecular formula is C18H23ClN2O. The van der Waals surface area contributed by atoms with Crippen molar-refractivity contribution in [3.63, 3.8) is 0 Å². The molecule has 0 heterocycles. The zero-order valence-corrected chi connectivity index (χ0v) is 13.8. The molecule has 0 radical (unpaired) electrons. The minimum Gasteiger partial charge on any atom is -0.325 e. The van der Waals surface area contributed by atoms with Gasteiger partial charge >= 0.3 is 0 Å². The molecule has 4 heteroatoms. The quantitative estimate of drug-likeness (QED) is 0.882. The molecule has 2 rings (SSSR count). The van der Waals surface area contributed by atoms with Crippen LogP contribution in [0.5, 0.6) is 0 Å². The van der Waals surface area contributed by atoms with Crippen molar-refractivity contribution in [2.24, 2.45) is 5.73 Å². The van der Waals surface area contributed by atoms with Crippen LogP contribution in [0.1, 0.15) is 30.9 Å². The van der Waals surface area contributed by atoms with E-state index in [2.05, 4.69) is 19.2 Å². The molecule has 0 aromatic heterocycles. The summed E-state index contributed by atoms with van der Waals surface area (Å²) in [5.74, 6) is 0.325. The monoisotopic (exact) mass is 318 g/mol. The first-order valence-electron chi connectivity index (χ1n) is 7.26. The Balaban J connectivity index is 0.00000242. The largest absolute Gasteiger partial charge is 0.325 e. The molecule has 0 fully saturated rings. The zero-order valence-electron chi connectivity index (χ0n) is 13.0. The number of carbonyl (C=O) groups excluding carboxylic acids is 1. The summed E-state index contributed by atoms with van der Waals surface area (Å²) in [5.41, 5.74) is 9.06. The van der Waals surface area contributed by atoms with E-state index in [0.29, 0.717) is 12.3 Å². The number of hydrogen-bond donors (Lipinski definition) is 2. The van der Waals surface area contributed by atoms with E-state index in [1.807, 2.05) is 54.6 Å². The average molecular weight is 319 g/mol. The van der Waals surface area contributed by atoms with E-state index < -0.39 is 6.04 Å². The molecule has 0 aliphatic carbocycles. The summed E-state index contributed by atoms with van der Waals surface area (Å²) in [5, 5.41) is 2.86. The second-order valence-electron chi connectivity index (χ2n) is 5.56. The fourth-order valence-corrected chi connectivity index (χ4v) is 2.15. The van der Waals surface area contributed by atoms with Gasteiger partial charge in [-0.2, -0.15) is 0 Å². The van der Waals surface area contributed by atoms with Crippen molar-refractivity contribution in [2.45, 2.75) is 32.2 Å². The molecule has 22 heavy (non-hydrogen) atoms. The predicted molar refractivity (Wildman–Crippen MR) is 94.5 cm³/mol. The third-order valence-electron chi connectivity index (χ3n) is 3.48. The van der Waals surface area contributed by atoms with Gasteiger partial charge < -0.3 is 11.1 Å². The topological polar surface area (TPSA) is 55.1 Å². The van der Waals surface area contributed by atoms with Crippen LogP contribution in [0.2, 0.25) is 0 Å². The fourth-order valence-electron chi connectivity index (χ4n) is 2.15. The average Bonchev–Trinajstić information content (AvgIpc) is 2.48. The smallest absolute Gasteiger partial charge is 0.241 e. The number of halogens is 1. The Morgan fingerprint density at radius 1 is 1.05 bits per heavy atom. The van der Waals surface area contributed by atoms with Gasteiger partial charge in [-0.05, 0) is 35.6 Å². The molecule has 1 amide bonds. The summed E-state index contributed by atoms with van der Waals surface area (Å²) in [7, 11) is 0. The molecule has 0 saturated heterocycles. The van der Waals surface area contributed by atoms with Crippen molar-refractivity contribution in [1.82, 2.24) is 0 Å². The van der Waals surface area contributed by atoms with E-state index in [0.717, 1.165) is 11.3 Å². The molecule has 2 aromatic carbocycles. The van der Waals surface area contributed by atoms with Gasteiger partial charge in [0.1, 0.15) is 0 Å². The molecule has 0 aliphatic heterocycles. The lowest BCUT2D eigenvalue weighted by Crippen LogP contribution is -2.37. The summed E-state index contributed by atoms with van der Waals surface area (Å²) in [6.07, 6.45) is 0.538. The van der Waals surface area contributed by atoms with Crippen LogP contribution in [0, 0.1) is 0 Å². The van der Waals surface area contributed by atoms with E-state index in [1.165, 1.54) is 5.56 Å². The number of carbonyl (C=O) groups is 1. The van der Waals surface area contributed by atoms with Gasteiger partial charge in [0.15, 0.2) is 0 Å². The Morgan fingerprint density at radius 2 is 1.64 bits per heavy atom. The van der Waals surface area contributed by atoms with E-state index in [4.69, 9.17) is 5.73 Å². The summed E-state index contributed by atoms with van der Waals surface area (Å²) in [4.78, 5) is 12.1. The van der Waals surface area contributed by atoms with E-state index in [9.17, 15) is 4.79 Å². The Hall–Kier alpha value is -1.84. The molecule has 0 saturated carbocycles. The van der Waals surface area contributed by atoms with Crippen LogP contribution >= 0.6 is 12.4 Å². The highest BCUT2D eigenvalue weighted by atomic mass is 35.5. The van der Waals surface area contributed by atoms with Crippen LogP contribution < -0.4 is 11.1 Å². The van der Waals surface area contributed by atoms with Gasteiger partial charge in [0.2, 0.25) is 5.91 Å². The summed E-state index contributed by atoms with van der Waals surface area (Å²) >= 11 is 0. The summed E-state index contributed by atoms with van der Waals surface area (Å²) < 4.78 is 0. The second kappa shape index (κ2) is 8.57. The first-order valence-corrected chi connectivity index (χ1v) is 7.26. The van der Waals surface area contributed by atoms with Crippen LogP contribution in [0.4, 0.5) is 5.69 Å². The van der Waals surface area contributed by atoms with Crippen molar-refractivity contribution in [1.29, 1.82) is 0 Å². The number of benzene rings is 2. The number of hydrogen-bond acceptors (Lipinski definition) is 2. The molecule has 2 aromatic rings. The fraction of sp³-hybridized carbons (Fsp3) is 0.278. The van der Waals surface area contributed by atoms with Crippen LogP contribution in [0.15, 0.2) is 54.6 Å². The minimum absolute atomic E-state index is 0. The first kappa shape index (κ1) is 18.2. The molecule has 0 spiro atoms. The molecule has 3 N–H and O–H groups in total. The Kier molecular flexibility index (Phi) is 7.09. The van der Waals surface area contributed by atoms with E-state index in [1.54, 1.807) is 0 Å². The normalized spacial score (nSPS) is 11.6. The van der Waals surface area contributed by atoms with Crippen LogP contribution in [-0.2, 0) is 11.2 Å². The highest BCUT2D eigenvalue weighted by molar-refractivity contribution is 5.94. The lowest BCUT2D eigenvalue weighted by atomic mass is 10.0. The van der Waals surface area contributed by atoms with E-state index >= 15 is 0 Å². The SMILES string of the molecule is CC(C)c1ccc(NC(=O)C(N)Cc2ccccc2)cc1.Cl. The molecule has 118 valence electrons. The van der Waals surface area contributed by atoms with Crippen LogP contribution in [-0.4, -0.2) is 11.9 Å². The number of nitrogens with one attached hydrogen (secondary N) is 1. The van der Waals surface area contributed by atoms with Crippen molar-refractivity contribution in [2.75, 3.05) is 5.32 Å². The van der Waals surface area contributed by atoms with Crippen molar-refractivity contribution in [3.05, 3.63) is 65.7 Å². The molecular weight excluding hydrogens is 296 g/mol. The second-order valence-corrected chi connectivity index (χ2v) is 5.56. The van der Waals surface area contributed by atoms with Crippen LogP contribution in [0.3, 0.4) is 0 Å². The van der Waals surface area contributed by atoms with Crippen molar-refractivity contribution < 1.29 is 4.79 Å². The zero-order chi connectivity index (χ0) is 15.2. The first-order chi connectivity index (χ1) is 10.1. The number of rotatable bonds is 5. The lowest BCUT2D eigenvalue weighted by Gasteiger charge is -2.13. The lowest BCUT2D eigenvalue weighted by molar-refractivity contribution is -0.117. The van der Waals surface area contributed by atoms with Gasteiger partial charge in [-0.25, -0.2) is 0 Å². The maximum atomic E-state index is 12.1. The highest BCUT2D eigenvalue weighted by Gasteiger charge is 2.14. The van der Waals surface area contributed by atoms with Gasteiger partial charge in [-0.3, -0.25) is 4.79 Å². The van der Waals surface area contributed by atoms with E-state index in [-0.39, 0.29) is 18.3 Å². The van der Waals surface area contributed by atoms with Gasteiger partial charge in [0.25, 0.3) is 0 Å². The third-order valence-corrected chi connectivity index (χ3v) is 3.48.